The van der Waals surface area contributed by atoms with Crippen molar-refractivity contribution in [3.63, 3.8) is 0 Å². The van der Waals surface area contributed by atoms with Gasteiger partial charge in [0.25, 0.3) is 0 Å². The van der Waals surface area contributed by atoms with Crippen LogP contribution in [0.4, 0.5) is 13.2 Å². The highest BCUT2D eigenvalue weighted by molar-refractivity contribution is 5.90. The molecule has 0 aliphatic carbocycles. The molecule has 2 radical (unpaired) electrons. The second-order valence-corrected chi connectivity index (χ2v) is 1.45. The number of rotatable bonds is 0. The highest BCUT2D eigenvalue weighted by atomic mass is 19.4. The molecule has 0 aromatic heterocycles. The normalized spacial score (nSPS) is 19.2. The van der Waals surface area contributed by atoms with E-state index in [1.54, 1.807) is 0 Å². The van der Waals surface area contributed by atoms with Gasteiger partial charge in [-0.05, 0) is 0 Å². The Morgan fingerprint density at radius 3 is 2.44 bits per heavy atom. The van der Waals surface area contributed by atoms with Gasteiger partial charge in [0.1, 0.15) is 0 Å². The molecule has 0 aromatic rings. The molecule has 1 aliphatic rings. The standard InChI is InChI=1S/C4H2F3NO/c5-4(6,7)3-1-2-9-8-3/h1H2. The minimum absolute atomic E-state index is 0.372. The molecule has 0 fully saturated rings. The highest BCUT2D eigenvalue weighted by Gasteiger charge is 2.38. The molecule has 2 nitrogen and oxygen atoms in total. The number of halogens is 3. The first-order chi connectivity index (χ1) is 4.11. The van der Waals surface area contributed by atoms with Gasteiger partial charge in [0.15, 0.2) is 5.71 Å². The van der Waals surface area contributed by atoms with Crippen molar-refractivity contribution in [1.29, 1.82) is 0 Å². The summed E-state index contributed by atoms with van der Waals surface area (Å²) in [5.41, 5.74) is -0.928. The molecule has 0 unspecified atom stereocenters. The molecule has 9 heavy (non-hydrogen) atoms. The molecular weight excluding hydrogens is 135 g/mol. The van der Waals surface area contributed by atoms with Crippen molar-refractivity contribution < 1.29 is 18.0 Å². The van der Waals surface area contributed by atoms with Crippen molar-refractivity contribution in [2.75, 3.05) is 0 Å². The van der Waals surface area contributed by atoms with Crippen LogP contribution in [-0.4, -0.2) is 11.9 Å². The summed E-state index contributed by atoms with van der Waals surface area (Å²) in [6.07, 6.45) is -4.73. The average Bonchev–Trinajstić information content (AvgIpc) is 2.08. The van der Waals surface area contributed by atoms with Gasteiger partial charge in [0.05, 0.1) is 0 Å². The van der Waals surface area contributed by atoms with Gasteiger partial charge in [-0.3, -0.25) is 0 Å². The average molecular weight is 137 g/mol. The van der Waals surface area contributed by atoms with Gasteiger partial charge in [-0.15, -0.1) is 0 Å². The summed E-state index contributed by atoms with van der Waals surface area (Å²) in [5.74, 6) is 0. The van der Waals surface area contributed by atoms with Crippen molar-refractivity contribution >= 4 is 5.71 Å². The Morgan fingerprint density at radius 1 is 1.56 bits per heavy atom. The van der Waals surface area contributed by atoms with Crippen LogP contribution >= 0.6 is 0 Å². The monoisotopic (exact) mass is 137 g/mol. The second kappa shape index (κ2) is 1.89. The maximum absolute atomic E-state index is 11.5. The quantitative estimate of drug-likeness (QED) is 0.494. The molecule has 50 valence electrons. The summed E-state index contributed by atoms with van der Waals surface area (Å²) >= 11 is 0. The van der Waals surface area contributed by atoms with Gasteiger partial charge in [0, 0.05) is 6.42 Å². The Hall–Kier alpha value is -0.740. The third-order valence-corrected chi connectivity index (χ3v) is 0.787. The summed E-state index contributed by atoms with van der Waals surface area (Å²) in [6, 6.07) is 0. The number of alkyl halides is 3. The number of nitrogens with zero attached hydrogens (tertiary/aromatic N) is 1. The van der Waals surface area contributed by atoms with Gasteiger partial charge in [-0.1, -0.05) is 5.16 Å². The van der Waals surface area contributed by atoms with E-state index in [4.69, 9.17) is 0 Å². The largest absolute Gasteiger partial charge is 0.432 e. The fourth-order valence-electron chi connectivity index (χ4n) is 0.372. The molecule has 0 aromatic carbocycles. The molecule has 0 N–H and O–H groups in total. The first kappa shape index (κ1) is 6.38. The van der Waals surface area contributed by atoms with Gasteiger partial charge in [0.2, 0.25) is 6.61 Å². The summed E-state index contributed by atoms with van der Waals surface area (Å²) < 4.78 is 34.5. The summed E-state index contributed by atoms with van der Waals surface area (Å²) in [5, 5.41) is 2.69. The molecule has 0 bridgehead atoms. The maximum atomic E-state index is 11.5. The van der Waals surface area contributed by atoms with Crippen LogP contribution in [-0.2, 0) is 4.84 Å². The smallest absolute Gasteiger partial charge is 0.379 e. The molecule has 1 rings (SSSR count). The molecule has 0 atom stereocenters. The van der Waals surface area contributed by atoms with E-state index in [1.807, 2.05) is 6.61 Å². The Morgan fingerprint density at radius 2 is 2.22 bits per heavy atom. The van der Waals surface area contributed by atoms with E-state index in [0.717, 1.165) is 0 Å². The molecule has 0 spiro atoms. The van der Waals surface area contributed by atoms with Crippen LogP contribution in [0, 0.1) is 6.61 Å². The lowest BCUT2D eigenvalue weighted by atomic mass is 10.3. The van der Waals surface area contributed by atoms with Gasteiger partial charge >= 0.3 is 6.18 Å². The first-order valence-electron chi connectivity index (χ1n) is 2.13. The minimum Gasteiger partial charge on any atom is -0.379 e. The third kappa shape index (κ3) is 1.34. The van der Waals surface area contributed by atoms with Crippen LogP contribution in [0.2, 0.25) is 0 Å². The Bertz CT molecular complexity index is 139. The fourth-order valence-corrected chi connectivity index (χ4v) is 0.372. The number of hydrogen-bond acceptors (Lipinski definition) is 2. The topological polar surface area (TPSA) is 21.6 Å². The van der Waals surface area contributed by atoms with Crippen molar-refractivity contribution in [1.82, 2.24) is 0 Å². The van der Waals surface area contributed by atoms with Crippen LogP contribution in [0.15, 0.2) is 5.16 Å². The van der Waals surface area contributed by atoms with Crippen LogP contribution in [0.3, 0.4) is 0 Å². The van der Waals surface area contributed by atoms with E-state index >= 15 is 0 Å². The second-order valence-electron chi connectivity index (χ2n) is 1.45. The third-order valence-electron chi connectivity index (χ3n) is 0.787. The van der Waals surface area contributed by atoms with Crippen molar-refractivity contribution in [2.45, 2.75) is 12.6 Å². The molecule has 1 aliphatic heterocycles. The Kier molecular flexibility index (Phi) is 1.34. The number of oxime groups is 1. The van der Waals surface area contributed by atoms with E-state index in [1.165, 1.54) is 0 Å². The van der Waals surface area contributed by atoms with Crippen molar-refractivity contribution in [2.24, 2.45) is 5.16 Å². The zero-order chi connectivity index (χ0) is 6.91. The van der Waals surface area contributed by atoms with E-state index in [2.05, 4.69) is 9.99 Å². The van der Waals surface area contributed by atoms with Crippen LogP contribution in [0.1, 0.15) is 6.42 Å². The summed E-state index contributed by atoms with van der Waals surface area (Å²) in [7, 11) is 0. The van der Waals surface area contributed by atoms with Crippen LogP contribution in [0.25, 0.3) is 0 Å². The molecular formula is C4H2F3NO. The molecule has 0 saturated heterocycles. The van der Waals surface area contributed by atoms with E-state index in [-0.39, 0.29) is 6.42 Å². The number of hydrogen-bond donors (Lipinski definition) is 0. The van der Waals surface area contributed by atoms with E-state index < -0.39 is 11.9 Å². The lowest BCUT2D eigenvalue weighted by molar-refractivity contribution is -0.0604. The van der Waals surface area contributed by atoms with Gasteiger partial charge < -0.3 is 4.84 Å². The van der Waals surface area contributed by atoms with Crippen molar-refractivity contribution in [3.8, 4) is 0 Å². The van der Waals surface area contributed by atoms with E-state index in [9.17, 15) is 13.2 Å². The molecule has 5 heteroatoms. The Labute approximate surface area is 49.3 Å². The molecule has 0 saturated carbocycles. The van der Waals surface area contributed by atoms with Gasteiger partial charge in [-0.25, -0.2) is 0 Å². The van der Waals surface area contributed by atoms with Gasteiger partial charge in [-0.2, -0.15) is 13.2 Å². The summed E-state index contributed by atoms with van der Waals surface area (Å²) in [4.78, 5) is 3.90. The predicted molar refractivity (Wildman–Crippen MR) is 22.4 cm³/mol. The zero-order valence-electron chi connectivity index (χ0n) is 4.20. The van der Waals surface area contributed by atoms with E-state index in [0.29, 0.717) is 0 Å². The Balaban J connectivity index is 2.61. The maximum Gasteiger partial charge on any atom is 0.432 e. The lowest BCUT2D eigenvalue weighted by Crippen LogP contribution is -2.20. The summed E-state index contributed by atoms with van der Waals surface area (Å²) in [6.45, 7) is 1.96. The SMILES string of the molecule is FC(F)(F)C1=NO[C]C1. The highest BCUT2D eigenvalue weighted by Crippen LogP contribution is 2.23. The fraction of sp³-hybridized carbons (Fsp3) is 0.500. The molecule has 0 amide bonds. The van der Waals surface area contributed by atoms with Crippen LogP contribution < -0.4 is 0 Å². The minimum atomic E-state index is -4.36. The first-order valence-corrected chi connectivity index (χ1v) is 2.13. The zero-order valence-corrected chi connectivity index (χ0v) is 4.20. The van der Waals surface area contributed by atoms with Crippen LogP contribution in [0.5, 0.6) is 0 Å². The van der Waals surface area contributed by atoms with Crippen molar-refractivity contribution in [3.05, 3.63) is 6.61 Å². The lowest BCUT2D eigenvalue weighted by Gasteiger charge is -2.00. The predicted octanol–water partition coefficient (Wildman–Crippen LogP) is 1.36. The molecule has 1 heterocycles.